The van der Waals surface area contributed by atoms with Crippen molar-refractivity contribution in [2.45, 2.75) is 40.5 Å². The molecule has 27 heavy (non-hydrogen) atoms. The monoisotopic (exact) mass is 369 g/mol. The van der Waals surface area contributed by atoms with E-state index in [2.05, 4.69) is 23.7 Å². The third kappa shape index (κ3) is 5.16. The summed E-state index contributed by atoms with van der Waals surface area (Å²) < 4.78 is 15.4. The summed E-state index contributed by atoms with van der Waals surface area (Å²) in [5.41, 5.74) is 3.40. The Morgan fingerprint density at radius 1 is 1.19 bits per heavy atom. The first-order valence-electron chi connectivity index (χ1n) is 9.44. The number of nitrogens with zero attached hydrogens (tertiary/aromatic N) is 3. The molecule has 1 aromatic heterocycles. The van der Waals surface area contributed by atoms with Gasteiger partial charge in [0.15, 0.2) is 0 Å². The summed E-state index contributed by atoms with van der Waals surface area (Å²) in [6.45, 7) is 9.72. The molecular formula is C22H28FN3O. The van der Waals surface area contributed by atoms with Crippen molar-refractivity contribution >= 4 is 17.8 Å². The topological polar surface area (TPSA) is 37.6 Å². The Morgan fingerprint density at radius 3 is 2.44 bits per heavy atom. The molecule has 0 radical (unpaired) electrons. The highest BCUT2D eigenvalue weighted by molar-refractivity contribution is 5.65. The Labute approximate surface area is 160 Å². The first-order chi connectivity index (χ1) is 13.0. The normalized spacial score (nSPS) is 12.3. The van der Waals surface area contributed by atoms with Gasteiger partial charge < -0.3 is 4.90 Å². The maximum atomic E-state index is 13.9. The van der Waals surface area contributed by atoms with E-state index in [0.29, 0.717) is 22.3 Å². The Kier molecular flexibility index (Phi) is 7.53. The zero-order valence-electron chi connectivity index (χ0n) is 16.6. The minimum absolute atomic E-state index is 0.268. The number of halogens is 1. The first kappa shape index (κ1) is 20.6. The van der Waals surface area contributed by atoms with Gasteiger partial charge in [-0.15, -0.1) is 0 Å². The number of aromatic nitrogens is 1. The summed E-state index contributed by atoms with van der Waals surface area (Å²) in [5, 5.41) is 0. The number of hydrogen-bond donors (Lipinski definition) is 0. The van der Waals surface area contributed by atoms with E-state index in [1.807, 2.05) is 31.2 Å². The molecule has 0 aliphatic carbocycles. The quantitative estimate of drug-likeness (QED) is 0.640. The fourth-order valence-corrected chi connectivity index (χ4v) is 2.95. The van der Waals surface area contributed by atoms with Gasteiger partial charge in [0.05, 0.1) is 11.4 Å². The highest BCUT2D eigenvalue weighted by atomic mass is 19.1. The molecule has 144 valence electrons. The molecule has 0 fully saturated rings. The Morgan fingerprint density at radius 2 is 1.89 bits per heavy atom. The van der Waals surface area contributed by atoms with Gasteiger partial charge in [0.2, 0.25) is 6.41 Å². The van der Waals surface area contributed by atoms with Gasteiger partial charge in [0, 0.05) is 24.8 Å². The third-order valence-electron chi connectivity index (χ3n) is 4.38. The van der Waals surface area contributed by atoms with Gasteiger partial charge in [0.25, 0.3) is 0 Å². The summed E-state index contributed by atoms with van der Waals surface area (Å²) in [6.07, 6.45) is 6.44. The van der Waals surface area contributed by atoms with E-state index in [1.54, 1.807) is 19.2 Å². The predicted molar refractivity (Wildman–Crippen MR) is 110 cm³/mol. The maximum absolute atomic E-state index is 13.9. The van der Waals surface area contributed by atoms with E-state index in [4.69, 9.17) is 0 Å². The zero-order chi connectivity index (χ0) is 19.8. The van der Waals surface area contributed by atoms with E-state index in [1.165, 1.54) is 10.6 Å². The van der Waals surface area contributed by atoms with Gasteiger partial charge >= 0.3 is 0 Å². The Balaban J connectivity index is 2.46. The molecule has 2 rings (SSSR count). The van der Waals surface area contributed by atoms with Gasteiger partial charge in [-0.25, -0.2) is 9.38 Å². The molecule has 0 N–H and O–H groups in total. The minimum Gasteiger partial charge on any atom is -0.370 e. The lowest BCUT2D eigenvalue weighted by molar-refractivity contribution is 0.544. The van der Waals surface area contributed by atoms with Gasteiger partial charge in [-0.3, -0.25) is 9.36 Å². The number of hydrogen-bond acceptors (Lipinski definition) is 3. The average molecular weight is 369 g/mol. The number of rotatable bonds is 8. The minimum atomic E-state index is -0.268. The number of pyridine rings is 1. The van der Waals surface area contributed by atoms with Crippen molar-refractivity contribution in [2.75, 3.05) is 18.0 Å². The fraction of sp³-hybridized carbons (Fsp3) is 0.364. The largest absolute Gasteiger partial charge is 0.370 e. The molecule has 2 aromatic rings. The van der Waals surface area contributed by atoms with E-state index < -0.39 is 0 Å². The number of aryl methyl sites for hydroxylation is 1. The van der Waals surface area contributed by atoms with Crippen LogP contribution in [-0.4, -0.2) is 24.1 Å². The molecule has 0 saturated heterocycles. The van der Waals surface area contributed by atoms with Gasteiger partial charge in [-0.05, 0) is 50.5 Å². The number of benzene rings is 1. The molecule has 0 amide bonds. The Bertz CT molecular complexity index is 877. The molecule has 0 aliphatic heterocycles. The lowest BCUT2D eigenvalue weighted by atomic mass is 10.1. The second kappa shape index (κ2) is 9.86. The van der Waals surface area contributed by atoms with Crippen LogP contribution >= 0.6 is 0 Å². The number of allylic oxidation sites excluding steroid dienone is 1. The van der Waals surface area contributed by atoms with Gasteiger partial charge in [-0.1, -0.05) is 32.1 Å². The summed E-state index contributed by atoms with van der Waals surface area (Å²) in [4.78, 5) is 18.5. The van der Waals surface area contributed by atoms with Crippen molar-refractivity contribution in [3.8, 4) is 0 Å². The fourth-order valence-electron chi connectivity index (χ4n) is 2.95. The van der Waals surface area contributed by atoms with E-state index in [-0.39, 0.29) is 5.82 Å². The van der Waals surface area contributed by atoms with Crippen molar-refractivity contribution in [3.05, 3.63) is 65.0 Å². The third-order valence-corrected chi connectivity index (χ3v) is 4.38. The smallest absolute Gasteiger partial charge is 0.219 e. The van der Waals surface area contributed by atoms with Crippen LogP contribution in [-0.2, 0) is 4.79 Å². The van der Waals surface area contributed by atoms with Crippen LogP contribution in [0.2, 0.25) is 0 Å². The SMILES string of the molecule is C/C=C(\N=c1ccc(N(CCC)CCC)cn1C=O)c1ccc(C)c(F)c1. The van der Waals surface area contributed by atoms with E-state index in [0.717, 1.165) is 38.0 Å². The Hall–Kier alpha value is -2.69. The van der Waals surface area contributed by atoms with Crippen molar-refractivity contribution in [2.24, 2.45) is 4.99 Å². The second-order valence-corrected chi connectivity index (χ2v) is 6.49. The summed E-state index contributed by atoms with van der Waals surface area (Å²) in [5.74, 6) is -0.268. The first-order valence-corrected chi connectivity index (χ1v) is 9.44. The number of carbonyl (C=O) groups is 1. The highest BCUT2D eigenvalue weighted by Crippen LogP contribution is 2.19. The molecule has 5 heteroatoms. The standard InChI is InChI=1S/C22H28FN3O/c1-5-12-25(13-6-2)19-10-11-22(26(15-19)16-27)24-21(7-3)18-9-8-17(4)20(23)14-18/h7-11,14-16H,5-6,12-13H2,1-4H3/b21-7-,24-22?. The van der Waals surface area contributed by atoms with Crippen LogP contribution in [0, 0.1) is 12.7 Å². The molecule has 0 atom stereocenters. The molecule has 4 nitrogen and oxygen atoms in total. The summed E-state index contributed by atoms with van der Waals surface area (Å²) in [6, 6.07) is 8.84. The van der Waals surface area contributed by atoms with E-state index in [9.17, 15) is 9.18 Å². The molecule has 1 heterocycles. The number of anilines is 1. The second-order valence-electron chi connectivity index (χ2n) is 6.49. The van der Waals surface area contributed by atoms with Crippen LogP contribution in [0.4, 0.5) is 10.1 Å². The van der Waals surface area contributed by atoms with Crippen LogP contribution in [0.5, 0.6) is 0 Å². The molecule has 0 spiro atoms. The molecule has 0 saturated carbocycles. The number of carbonyl (C=O) groups excluding carboxylic acids is 1. The van der Waals surface area contributed by atoms with Crippen LogP contribution < -0.4 is 10.4 Å². The molecule has 0 aliphatic rings. The molecule has 1 aromatic carbocycles. The van der Waals surface area contributed by atoms with Crippen LogP contribution in [0.15, 0.2) is 47.6 Å². The van der Waals surface area contributed by atoms with Crippen molar-refractivity contribution in [1.82, 2.24) is 4.57 Å². The van der Waals surface area contributed by atoms with E-state index >= 15 is 0 Å². The predicted octanol–water partition coefficient (Wildman–Crippen LogP) is 4.56. The molecular weight excluding hydrogens is 341 g/mol. The zero-order valence-corrected chi connectivity index (χ0v) is 16.6. The summed E-state index contributed by atoms with van der Waals surface area (Å²) >= 11 is 0. The van der Waals surface area contributed by atoms with Crippen molar-refractivity contribution in [1.29, 1.82) is 0 Å². The van der Waals surface area contributed by atoms with Gasteiger partial charge in [-0.2, -0.15) is 0 Å². The lowest BCUT2D eigenvalue weighted by Gasteiger charge is -2.24. The molecule has 0 unspecified atom stereocenters. The van der Waals surface area contributed by atoms with Crippen molar-refractivity contribution < 1.29 is 9.18 Å². The van der Waals surface area contributed by atoms with Gasteiger partial charge in [0.1, 0.15) is 11.3 Å². The molecule has 0 bridgehead atoms. The van der Waals surface area contributed by atoms with Crippen LogP contribution in [0.25, 0.3) is 5.70 Å². The summed E-state index contributed by atoms with van der Waals surface area (Å²) in [7, 11) is 0. The maximum Gasteiger partial charge on any atom is 0.219 e. The average Bonchev–Trinajstić information content (AvgIpc) is 2.68. The van der Waals surface area contributed by atoms with Crippen LogP contribution in [0.1, 0.15) is 44.7 Å². The lowest BCUT2D eigenvalue weighted by Crippen LogP contribution is -2.28. The highest BCUT2D eigenvalue weighted by Gasteiger charge is 2.07. The van der Waals surface area contributed by atoms with Crippen LogP contribution in [0.3, 0.4) is 0 Å². The van der Waals surface area contributed by atoms with Crippen molar-refractivity contribution in [3.63, 3.8) is 0 Å².